The van der Waals surface area contributed by atoms with E-state index in [-0.39, 0.29) is 12.6 Å². The number of anilines is 1. The molecule has 0 aliphatic carbocycles. The van der Waals surface area contributed by atoms with Gasteiger partial charge in [-0.15, -0.1) is 0 Å². The van der Waals surface area contributed by atoms with Crippen LogP contribution >= 0.6 is 23.5 Å². The molecule has 1 saturated heterocycles. The molecule has 0 unspecified atom stereocenters. The normalized spacial score (nSPS) is 18.1. The van der Waals surface area contributed by atoms with Gasteiger partial charge in [-0.3, -0.25) is 0 Å². The van der Waals surface area contributed by atoms with Crippen molar-refractivity contribution in [3.05, 3.63) is 29.8 Å². The van der Waals surface area contributed by atoms with Gasteiger partial charge in [0.2, 0.25) is 0 Å². The summed E-state index contributed by atoms with van der Waals surface area (Å²) < 4.78 is 0. The van der Waals surface area contributed by atoms with Crippen LogP contribution in [0.2, 0.25) is 0 Å². The molecule has 110 valence electrons. The average molecular weight is 312 g/mol. The summed E-state index contributed by atoms with van der Waals surface area (Å²) in [4.78, 5) is 11.9. The van der Waals surface area contributed by atoms with Crippen molar-refractivity contribution in [1.82, 2.24) is 5.32 Å². The fourth-order valence-corrected chi connectivity index (χ4v) is 4.44. The van der Waals surface area contributed by atoms with Crippen molar-refractivity contribution in [3.8, 4) is 0 Å². The van der Waals surface area contributed by atoms with Crippen LogP contribution in [0, 0.1) is 6.92 Å². The number of nitrogens with one attached hydrogen (secondary N) is 2. The molecule has 0 spiro atoms. The Morgan fingerprint density at radius 2 is 1.95 bits per heavy atom. The maximum atomic E-state index is 11.9. The van der Waals surface area contributed by atoms with Crippen molar-refractivity contribution in [1.29, 1.82) is 0 Å². The highest BCUT2D eigenvalue weighted by Crippen LogP contribution is 2.24. The molecule has 0 radical (unpaired) electrons. The van der Waals surface area contributed by atoms with Crippen LogP contribution in [0.3, 0.4) is 0 Å². The van der Waals surface area contributed by atoms with E-state index >= 15 is 0 Å². The van der Waals surface area contributed by atoms with Crippen LogP contribution in [-0.4, -0.2) is 46.3 Å². The van der Waals surface area contributed by atoms with Gasteiger partial charge >= 0.3 is 6.03 Å². The van der Waals surface area contributed by atoms with Crippen molar-refractivity contribution in [2.24, 2.45) is 0 Å². The van der Waals surface area contributed by atoms with Gasteiger partial charge in [-0.2, -0.15) is 23.5 Å². The fourth-order valence-electron chi connectivity index (χ4n) is 1.91. The Morgan fingerprint density at radius 1 is 1.30 bits per heavy atom. The molecule has 0 bridgehead atoms. The second kappa shape index (κ2) is 7.24. The predicted octanol–water partition coefficient (Wildman–Crippen LogP) is 2.33. The Balaban J connectivity index is 1.84. The molecule has 1 heterocycles. The molecule has 1 fully saturated rings. The van der Waals surface area contributed by atoms with Gasteiger partial charge in [0.25, 0.3) is 0 Å². The summed E-state index contributed by atoms with van der Waals surface area (Å²) in [6.45, 7) is 2.23. The van der Waals surface area contributed by atoms with Gasteiger partial charge in [0.1, 0.15) is 0 Å². The number of hydrogen-bond acceptors (Lipinski definition) is 4. The number of amides is 2. The lowest BCUT2D eigenvalue weighted by Gasteiger charge is -2.25. The van der Waals surface area contributed by atoms with E-state index < -0.39 is 5.60 Å². The van der Waals surface area contributed by atoms with E-state index in [1.165, 1.54) is 0 Å². The van der Waals surface area contributed by atoms with Crippen LogP contribution in [0.25, 0.3) is 0 Å². The van der Waals surface area contributed by atoms with Crippen molar-refractivity contribution in [2.75, 3.05) is 34.9 Å². The van der Waals surface area contributed by atoms with Gasteiger partial charge in [0.15, 0.2) is 0 Å². The predicted molar refractivity (Wildman–Crippen MR) is 87.8 cm³/mol. The average Bonchev–Trinajstić information content (AvgIpc) is 2.65. The van der Waals surface area contributed by atoms with Gasteiger partial charge in [-0.25, -0.2) is 4.79 Å². The standard InChI is InChI=1S/C14H20N2O2S2/c1-11-4-2-3-5-12(11)16-13(17)15-8-14(18)9-19-6-7-20-10-14/h2-5,18H,6-10H2,1H3,(H2,15,16,17). The molecule has 20 heavy (non-hydrogen) atoms. The zero-order valence-corrected chi connectivity index (χ0v) is 13.1. The Kier molecular flexibility index (Phi) is 5.63. The molecule has 2 rings (SSSR count). The van der Waals surface area contributed by atoms with E-state index in [1.54, 1.807) is 23.5 Å². The smallest absolute Gasteiger partial charge is 0.319 e. The highest BCUT2D eigenvalue weighted by atomic mass is 32.2. The van der Waals surface area contributed by atoms with Crippen LogP contribution in [0.4, 0.5) is 10.5 Å². The molecule has 0 saturated carbocycles. The maximum Gasteiger partial charge on any atom is 0.319 e. The van der Waals surface area contributed by atoms with Crippen molar-refractivity contribution in [2.45, 2.75) is 12.5 Å². The molecule has 2 amide bonds. The molecule has 1 aliphatic rings. The van der Waals surface area contributed by atoms with Crippen molar-refractivity contribution >= 4 is 35.2 Å². The number of thioether (sulfide) groups is 2. The van der Waals surface area contributed by atoms with E-state index in [2.05, 4.69) is 10.6 Å². The third kappa shape index (κ3) is 4.61. The zero-order valence-electron chi connectivity index (χ0n) is 11.5. The second-order valence-electron chi connectivity index (χ2n) is 4.95. The quantitative estimate of drug-likeness (QED) is 0.802. The van der Waals surface area contributed by atoms with Crippen LogP contribution in [0.1, 0.15) is 5.56 Å². The monoisotopic (exact) mass is 312 g/mol. The number of rotatable bonds is 3. The topological polar surface area (TPSA) is 61.4 Å². The first kappa shape index (κ1) is 15.5. The minimum Gasteiger partial charge on any atom is -0.386 e. The van der Waals surface area contributed by atoms with Crippen LogP contribution < -0.4 is 10.6 Å². The van der Waals surface area contributed by atoms with E-state index in [9.17, 15) is 9.90 Å². The SMILES string of the molecule is Cc1ccccc1NC(=O)NCC1(O)CSCCSC1. The number of aryl methyl sites for hydroxylation is 1. The summed E-state index contributed by atoms with van der Waals surface area (Å²) in [5.74, 6) is 3.46. The molecule has 1 aliphatic heterocycles. The molecule has 3 N–H and O–H groups in total. The number of carbonyl (C=O) groups is 1. The lowest BCUT2D eigenvalue weighted by molar-refractivity contribution is 0.0928. The van der Waals surface area contributed by atoms with E-state index in [4.69, 9.17) is 0 Å². The van der Waals surface area contributed by atoms with Crippen LogP contribution in [0.5, 0.6) is 0 Å². The lowest BCUT2D eigenvalue weighted by atomic mass is 10.1. The third-order valence-corrected chi connectivity index (χ3v) is 5.81. The van der Waals surface area contributed by atoms with Crippen LogP contribution in [-0.2, 0) is 0 Å². The van der Waals surface area contributed by atoms with Gasteiger partial charge in [-0.05, 0) is 18.6 Å². The molecule has 1 aromatic carbocycles. The Hall–Kier alpha value is -0.850. The summed E-state index contributed by atoms with van der Waals surface area (Å²) in [7, 11) is 0. The first-order chi connectivity index (χ1) is 9.59. The fraction of sp³-hybridized carbons (Fsp3) is 0.500. The summed E-state index contributed by atoms with van der Waals surface area (Å²) >= 11 is 3.48. The number of para-hydroxylation sites is 1. The summed E-state index contributed by atoms with van der Waals surface area (Å²) in [5, 5.41) is 16.0. The maximum absolute atomic E-state index is 11.9. The molecule has 6 heteroatoms. The molecular formula is C14H20N2O2S2. The largest absolute Gasteiger partial charge is 0.386 e. The van der Waals surface area contributed by atoms with Gasteiger partial charge in [-0.1, -0.05) is 18.2 Å². The third-order valence-electron chi connectivity index (χ3n) is 3.08. The Morgan fingerprint density at radius 3 is 2.60 bits per heavy atom. The summed E-state index contributed by atoms with van der Waals surface area (Å²) in [6.07, 6.45) is 0. The van der Waals surface area contributed by atoms with E-state index in [0.717, 1.165) is 22.8 Å². The number of hydrogen-bond donors (Lipinski definition) is 3. The number of aliphatic hydroxyl groups is 1. The minimum atomic E-state index is -0.811. The number of carbonyl (C=O) groups excluding carboxylic acids is 1. The zero-order chi connectivity index (χ0) is 14.4. The summed E-state index contributed by atoms with van der Waals surface area (Å²) in [5.41, 5.74) is 0.998. The number of urea groups is 1. The Labute approximate surface area is 128 Å². The van der Waals surface area contributed by atoms with Gasteiger partial charge in [0.05, 0.1) is 5.60 Å². The molecule has 0 aromatic heterocycles. The first-order valence-corrected chi connectivity index (χ1v) is 8.88. The lowest BCUT2D eigenvalue weighted by Crippen LogP contribution is -2.47. The van der Waals surface area contributed by atoms with Gasteiger partial charge < -0.3 is 15.7 Å². The van der Waals surface area contributed by atoms with Crippen molar-refractivity contribution < 1.29 is 9.90 Å². The summed E-state index contributed by atoms with van der Waals surface area (Å²) in [6, 6.07) is 7.35. The van der Waals surface area contributed by atoms with Crippen molar-refractivity contribution in [3.63, 3.8) is 0 Å². The first-order valence-electron chi connectivity index (χ1n) is 6.57. The van der Waals surface area contributed by atoms with E-state index in [1.807, 2.05) is 31.2 Å². The number of benzene rings is 1. The minimum absolute atomic E-state index is 0.271. The highest BCUT2D eigenvalue weighted by Gasteiger charge is 2.29. The molecule has 4 nitrogen and oxygen atoms in total. The molecule has 1 aromatic rings. The molecular weight excluding hydrogens is 292 g/mol. The Bertz CT molecular complexity index is 460. The van der Waals surface area contributed by atoms with E-state index in [0.29, 0.717) is 11.5 Å². The van der Waals surface area contributed by atoms with Crippen LogP contribution in [0.15, 0.2) is 24.3 Å². The highest BCUT2D eigenvalue weighted by molar-refractivity contribution is 8.03. The second-order valence-corrected chi connectivity index (χ2v) is 7.16. The van der Waals surface area contributed by atoms with Gasteiger partial charge in [0, 0.05) is 35.2 Å². The molecule has 0 atom stereocenters.